The number of ether oxygens (including phenoxy) is 1. The summed E-state index contributed by atoms with van der Waals surface area (Å²) in [6.07, 6.45) is 9.89. The summed E-state index contributed by atoms with van der Waals surface area (Å²) in [7, 11) is 0. The molecule has 2 fully saturated rings. The van der Waals surface area contributed by atoms with Gasteiger partial charge in [0, 0.05) is 25.0 Å². The Balaban J connectivity index is 1.34. The maximum atomic E-state index is 13.7. The third-order valence-electron chi connectivity index (χ3n) is 6.20. The normalized spacial score (nSPS) is 23.4. The minimum atomic E-state index is -0.557. The van der Waals surface area contributed by atoms with Crippen LogP contribution in [0.4, 0.5) is 15.0 Å². The van der Waals surface area contributed by atoms with Gasteiger partial charge in [0.15, 0.2) is 5.75 Å². The van der Waals surface area contributed by atoms with E-state index in [2.05, 4.69) is 20.3 Å². The maximum Gasteiger partial charge on any atom is 0.413 e. The summed E-state index contributed by atoms with van der Waals surface area (Å²) in [6.45, 7) is 0.780. The molecule has 3 aromatic heterocycles. The van der Waals surface area contributed by atoms with Crippen LogP contribution in [0.1, 0.15) is 50.1 Å². The first kappa shape index (κ1) is 20.6. The van der Waals surface area contributed by atoms with Gasteiger partial charge < -0.3 is 20.1 Å². The van der Waals surface area contributed by atoms with Crippen LogP contribution in [0.2, 0.25) is 0 Å². The van der Waals surface area contributed by atoms with Crippen LogP contribution in [-0.2, 0) is 0 Å². The number of carbonyl (C=O) groups excluding carboxylic acids is 1. The highest BCUT2D eigenvalue weighted by atomic mass is 19.1. The summed E-state index contributed by atoms with van der Waals surface area (Å²) >= 11 is 0. The minimum absolute atomic E-state index is 0.0125. The number of rotatable bonds is 4. The molecular weight excluding hydrogens is 415 g/mol. The van der Waals surface area contributed by atoms with Crippen molar-refractivity contribution >= 4 is 17.6 Å². The SMILES string of the molecule is O=C(N[C@H]1CC[C@H](O)CC1)Oc1cnn2ccc(N3CCC[C@@H]3c3cncc(F)c3)nc12. The lowest BCUT2D eigenvalue weighted by molar-refractivity contribution is 0.115. The Bertz CT molecular complexity index is 1110. The van der Waals surface area contributed by atoms with Gasteiger partial charge in [0.25, 0.3) is 0 Å². The number of amides is 1. The summed E-state index contributed by atoms with van der Waals surface area (Å²) < 4.78 is 20.8. The standard InChI is InChI=1S/C22H25FN6O3/c23-15-10-14(11-24-12-15)18-2-1-8-28(18)20-7-9-29-21(27-20)19(13-25-29)32-22(31)26-16-3-5-17(30)6-4-16/h7,9-13,16-18,30H,1-6,8H2,(H,26,31)/t16-,17-,18-/m1/s1. The third-order valence-corrected chi connectivity index (χ3v) is 6.20. The number of aliphatic hydroxyl groups is 1. The highest BCUT2D eigenvalue weighted by molar-refractivity contribution is 5.73. The van der Waals surface area contributed by atoms with Crippen molar-refractivity contribution in [3.05, 3.63) is 48.3 Å². The Morgan fingerprint density at radius 1 is 1.19 bits per heavy atom. The number of hydrogen-bond donors (Lipinski definition) is 2. The first-order valence-corrected chi connectivity index (χ1v) is 10.9. The molecule has 2 N–H and O–H groups in total. The lowest BCUT2D eigenvalue weighted by Gasteiger charge is -2.26. The van der Waals surface area contributed by atoms with E-state index in [9.17, 15) is 14.3 Å². The molecule has 1 aliphatic carbocycles. The van der Waals surface area contributed by atoms with Crippen LogP contribution >= 0.6 is 0 Å². The van der Waals surface area contributed by atoms with E-state index in [0.717, 1.165) is 37.8 Å². The van der Waals surface area contributed by atoms with Crippen molar-refractivity contribution in [2.45, 2.75) is 56.7 Å². The number of aliphatic hydroxyl groups excluding tert-OH is 1. The lowest BCUT2D eigenvalue weighted by atomic mass is 9.93. The number of fused-ring (bicyclic) bond motifs is 1. The number of aromatic nitrogens is 4. The Labute approximate surface area is 184 Å². The van der Waals surface area contributed by atoms with Crippen LogP contribution in [-0.4, -0.2) is 49.5 Å². The van der Waals surface area contributed by atoms with Crippen LogP contribution < -0.4 is 15.0 Å². The molecule has 32 heavy (non-hydrogen) atoms. The molecule has 0 aromatic carbocycles. The predicted molar refractivity (Wildman–Crippen MR) is 114 cm³/mol. The largest absolute Gasteiger partial charge is 0.413 e. The van der Waals surface area contributed by atoms with Gasteiger partial charge in [-0.1, -0.05) is 0 Å². The smallest absolute Gasteiger partial charge is 0.405 e. The molecule has 3 aromatic rings. The molecule has 0 radical (unpaired) electrons. The molecule has 5 rings (SSSR count). The molecule has 0 bridgehead atoms. The van der Waals surface area contributed by atoms with Gasteiger partial charge in [0.2, 0.25) is 5.65 Å². The predicted octanol–water partition coefficient (Wildman–Crippen LogP) is 3.00. The number of halogens is 1. The number of anilines is 1. The molecule has 1 saturated heterocycles. The summed E-state index contributed by atoms with van der Waals surface area (Å²) in [4.78, 5) is 23.2. The van der Waals surface area contributed by atoms with Crippen molar-refractivity contribution in [2.24, 2.45) is 0 Å². The van der Waals surface area contributed by atoms with Crippen molar-refractivity contribution in [1.29, 1.82) is 0 Å². The van der Waals surface area contributed by atoms with Crippen molar-refractivity contribution in [2.75, 3.05) is 11.4 Å². The Kier molecular flexibility index (Phi) is 5.60. The molecule has 9 nitrogen and oxygen atoms in total. The highest BCUT2D eigenvalue weighted by Crippen LogP contribution is 2.35. The molecular formula is C22H25FN6O3. The monoisotopic (exact) mass is 440 g/mol. The quantitative estimate of drug-likeness (QED) is 0.643. The third kappa shape index (κ3) is 4.22. The van der Waals surface area contributed by atoms with E-state index in [1.54, 1.807) is 16.9 Å². The van der Waals surface area contributed by atoms with E-state index in [1.807, 2.05) is 6.07 Å². The van der Waals surface area contributed by atoms with Gasteiger partial charge in [-0.2, -0.15) is 5.10 Å². The Morgan fingerprint density at radius 3 is 2.84 bits per heavy atom. The molecule has 1 amide bonds. The number of hydrogen-bond acceptors (Lipinski definition) is 7. The molecule has 10 heteroatoms. The minimum Gasteiger partial charge on any atom is -0.405 e. The van der Waals surface area contributed by atoms with Gasteiger partial charge in [-0.3, -0.25) is 4.98 Å². The lowest BCUT2D eigenvalue weighted by Crippen LogP contribution is -2.40. The zero-order valence-electron chi connectivity index (χ0n) is 17.5. The fourth-order valence-corrected chi connectivity index (χ4v) is 4.58. The summed E-state index contributed by atoms with van der Waals surface area (Å²) in [5.41, 5.74) is 1.24. The van der Waals surface area contributed by atoms with Crippen LogP contribution in [0, 0.1) is 5.82 Å². The van der Waals surface area contributed by atoms with Gasteiger partial charge >= 0.3 is 6.09 Å². The second-order valence-electron chi connectivity index (χ2n) is 8.39. The van der Waals surface area contributed by atoms with Crippen LogP contribution in [0.5, 0.6) is 5.75 Å². The molecule has 2 aliphatic rings. The van der Waals surface area contributed by atoms with Crippen LogP contribution in [0.3, 0.4) is 0 Å². The molecule has 1 saturated carbocycles. The topological polar surface area (TPSA) is 105 Å². The summed E-state index contributed by atoms with van der Waals surface area (Å²) in [5, 5.41) is 16.7. The van der Waals surface area contributed by atoms with E-state index >= 15 is 0 Å². The van der Waals surface area contributed by atoms with Gasteiger partial charge in [0.1, 0.15) is 11.6 Å². The zero-order valence-corrected chi connectivity index (χ0v) is 17.5. The second-order valence-corrected chi connectivity index (χ2v) is 8.39. The Hall–Kier alpha value is -3.27. The van der Waals surface area contributed by atoms with Crippen molar-refractivity contribution in [1.82, 2.24) is 24.9 Å². The maximum absolute atomic E-state index is 13.7. The molecule has 168 valence electrons. The van der Waals surface area contributed by atoms with E-state index in [4.69, 9.17) is 9.72 Å². The number of nitrogens with one attached hydrogen (secondary N) is 1. The number of nitrogens with zero attached hydrogens (tertiary/aromatic N) is 5. The van der Waals surface area contributed by atoms with Crippen LogP contribution in [0.15, 0.2) is 36.9 Å². The number of carbonyl (C=O) groups is 1. The average Bonchev–Trinajstić information content (AvgIpc) is 3.43. The van der Waals surface area contributed by atoms with Crippen molar-refractivity contribution in [3.8, 4) is 5.75 Å². The van der Waals surface area contributed by atoms with E-state index in [-0.39, 0.29) is 29.8 Å². The summed E-state index contributed by atoms with van der Waals surface area (Å²) in [5.74, 6) is 0.613. The van der Waals surface area contributed by atoms with E-state index in [0.29, 0.717) is 24.3 Å². The average molecular weight is 440 g/mol. The first-order valence-electron chi connectivity index (χ1n) is 10.9. The number of pyridine rings is 1. The second kappa shape index (κ2) is 8.70. The van der Waals surface area contributed by atoms with E-state index < -0.39 is 6.09 Å². The fraction of sp³-hybridized carbons (Fsp3) is 0.455. The Morgan fingerprint density at radius 2 is 2.03 bits per heavy atom. The van der Waals surface area contributed by atoms with Gasteiger partial charge in [0.05, 0.1) is 24.5 Å². The molecule has 0 spiro atoms. The van der Waals surface area contributed by atoms with Crippen molar-refractivity contribution < 1.29 is 19.0 Å². The van der Waals surface area contributed by atoms with Gasteiger partial charge in [-0.05, 0) is 56.2 Å². The zero-order chi connectivity index (χ0) is 22.1. The first-order chi connectivity index (χ1) is 15.6. The molecule has 1 atom stereocenters. The van der Waals surface area contributed by atoms with E-state index in [1.165, 1.54) is 18.5 Å². The van der Waals surface area contributed by atoms with Crippen LogP contribution in [0.25, 0.3) is 5.65 Å². The van der Waals surface area contributed by atoms with Gasteiger partial charge in [-0.25, -0.2) is 18.7 Å². The molecule has 0 unspecified atom stereocenters. The van der Waals surface area contributed by atoms with Crippen molar-refractivity contribution in [3.63, 3.8) is 0 Å². The molecule has 4 heterocycles. The fourth-order valence-electron chi connectivity index (χ4n) is 4.58. The van der Waals surface area contributed by atoms with Gasteiger partial charge in [-0.15, -0.1) is 0 Å². The molecule has 1 aliphatic heterocycles. The highest BCUT2D eigenvalue weighted by Gasteiger charge is 2.28. The summed E-state index contributed by atoms with van der Waals surface area (Å²) in [6, 6.07) is 3.32.